The molecular weight excluding hydrogens is 456 g/mol. The molecule has 192 valence electrons. The molecule has 4 amide bonds. The molecule has 1 aromatic carbocycles. The van der Waals surface area contributed by atoms with Crippen molar-refractivity contribution < 1.29 is 33.5 Å². The fourth-order valence-corrected chi connectivity index (χ4v) is 4.40. The third-order valence-electron chi connectivity index (χ3n) is 6.07. The molecule has 1 N–H and O–H groups in total. The number of hydroxylamine groups is 3. The fraction of sp³-hybridized carbons (Fsp3) is 0.625. The molecule has 0 saturated carbocycles. The Bertz CT molecular complexity index is 907. The number of carbonyl (C=O) groups is 3. The van der Waals surface area contributed by atoms with E-state index in [1.807, 2.05) is 30.3 Å². The van der Waals surface area contributed by atoms with Crippen molar-refractivity contribution in [3.63, 3.8) is 0 Å². The van der Waals surface area contributed by atoms with Crippen LogP contribution in [0.2, 0.25) is 0 Å². The summed E-state index contributed by atoms with van der Waals surface area (Å²) < 4.78 is 11.1. The highest BCUT2D eigenvalue weighted by atomic mass is 16.7. The first kappa shape index (κ1) is 25.2. The van der Waals surface area contributed by atoms with Gasteiger partial charge in [0.1, 0.15) is 24.9 Å². The Labute approximate surface area is 205 Å². The molecule has 3 aliphatic rings. The van der Waals surface area contributed by atoms with Crippen LogP contribution in [-0.4, -0.2) is 83.1 Å². The molecule has 0 aliphatic carbocycles. The number of hydrogen-bond acceptors (Lipinski definition) is 7. The van der Waals surface area contributed by atoms with Crippen molar-refractivity contribution in [1.82, 2.24) is 20.3 Å². The van der Waals surface area contributed by atoms with Gasteiger partial charge >= 0.3 is 12.1 Å². The van der Waals surface area contributed by atoms with Gasteiger partial charge in [-0.1, -0.05) is 30.3 Å². The van der Waals surface area contributed by atoms with Gasteiger partial charge in [0.15, 0.2) is 6.23 Å². The molecule has 11 heteroatoms. The zero-order valence-electron chi connectivity index (χ0n) is 20.5. The van der Waals surface area contributed by atoms with Crippen molar-refractivity contribution in [3.05, 3.63) is 35.9 Å². The van der Waals surface area contributed by atoms with E-state index in [-0.39, 0.29) is 25.3 Å². The first-order chi connectivity index (χ1) is 16.7. The highest BCUT2D eigenvalue weighted by Crippen LogP contribution is 2.30. The average molecular weight is 491 g/mol. The lowest BCUT2D eigenvalue weighted by atomic mass is 10.0. The third kappa shape index (κ3) is 6.22. The van der Waals surface area contributed by atoms with Gasteiger partial charge in [0, 0.05) is 13.1 Å². The van der Waals surface area contributed by atoms with Crippen molar-refractivity contribution >= 4 is 18.0 Å². The number of benzene rings is 1. The molecule has 0 aromatic heterocycles. The Balaban J connectivity index is 1.26. The van der Waals surface area contributed by atoms with Crippen molar-refractivity contribution in [2.24, 2.45) is 0 Å². The van der Waals surface area contributed by atoms with E-state index in [0.717, 1.165) is 5.56 Å². The largest absolute Gasteiger partial charge is 0.444 e. The van der Waals surface area contributed by atoms with Crippen LogP contribution in [0.5, 0.6) is 0 Å². The van der Waals surface area contributed by atoms with Crippen LogP contribution in [0.3, 0.4) is 0 Å². The van der Waals surface area contributed by atoms with E-state index < -0.39 is 29.9 Å². The maximum Gasteiger partial charge on any atom is 0.412 e. The summed E-state index contributed by atoms with van der Waals surface area (Å²) in [6, 6.07) is 8.54. The minimum absolute atomic E-state index is 0.0550. The van der Waals surface area contributed by atoms with Crippen LogP contribution in [-0.2, 0) is 30.6 Å². The number of nitrogens with one attached hydrogen (secondary N) is 1. The van der Waals surface area contributed by atoms with Gasteiger partial charge < -0.3 is 14.4 Å². The lowest BCUT2D eigenvalue weighted by Gasteiger charge is -2.36. The molecule has 1 aromatic rings. The molecule has 0 spiro atoms. The number of nitrogens with zero attached hydrogens (tertiary/aromatic N) is 3. The van der Waals surface area contributed by atoms with Gasteiger partial charge in [-0.05, 0) is 45.6 Å². The van der Waals surface area contributed by atoms with E-state index in [1.54, 1.807) is 20.8 Å². The van der Waals surface area contributed by atoms with E-state index in [2.05, 4.69) is 5.48 Å². The van der Waals surface area contributed by atoms with Crippen LogP contribution in [0, 0.1) is 0 Å². The highest BCUT2D eigenvalue weighted by molar-refractivity contribution is 5.88. The maximum absolute atomic E-state index is 12.9. The molecule has 3 saturated heterocycles. The first-order valence-corrected chi connectivity index (χ1v) is 12.0. The zero-order valence-corrected chi connectivity index (χ0v) is 20.5. The van der Waals surface area contributed by atoms with Crippen LogP contribution in [0.15, 0.2) is 30.3 Å². The zero-order chi connectivity index (χ0) is 25.0. The standard InChI is InChI=1S/C24H34N4O7/c1-24(2,3)35-23(31)26-12-7-13-32-20(26)16-33-25-21(29)19-11-10-18-14-27(19)22(30)28(18)34-15-17-8-5-4-6-9-17/h4-6,8-9,18-20H,7,10-16H2,1-3H3,(H,25,29)/t18-,19+,20-/m1/s1. The number of amides is 4. The molecular formula is C24H34N4O7. The topological polar surface area (TPSA) is 110 Å². The Morgan fingerprint density at radius 1 is 1.17 bits per heavy atom. The summed E-state index contributed by atoms with van der Waals surface area (Å²) in [6.07, 6.45) is 0.665. The van der Waals surface area contributed by atoms with Crippen molar-refractivity contribution in [1.29, 1.82) is 0 Å². The number of hydrogen-bond donors (Lipinski definition) is 1. The molecule has 2 bridgehead atoms. The lowest BCUT2D eigenvalue weighted by Crippen LogP contribution is -2.53. The minimum Gasteiger partial charge on any atom is -0.444 e. The number of urea groups is 1. The molecule has 3 aliphatic heterocycles. The summed E-state index contributed by atoms with van der Waals surface area (Å²) in [6.45, 7) is 6.99. The Kier molecular flexibility index (Phi) is 7.78. The summed E-state index contributed by atoms with van der Waals surface area (Å²) >= 11 is 0. The van der Waals surface area contributed by atoms with Gasteiger partial charge in [0.05, 0.1) is 12.6 Å². The molecule has 3 fully saturated rings. The summed E-state index contributed by atoms with van der Waals surface area (Å²) in [5.41, 5.74) is 2.76. The second-order valence-corrected chi connectivity index (χ2v) is 9.90. The van der Waals surface area contributed by atoms with Crippen LogP contribution in [0.25, 0.3) is 0 Å². The van der Waals surface area contributed by atoms with Crippen LogP contribution < -0.4 is 5.48 Å². The monoisotopic (exact) mass is 490 g/mol. The first-order valence-electron chi connectivity index (χ1n) is 12.0. The van der Waals surface area contributed by atoms with E-state index in [0.29, 0.717) is 39.0 Å². The van der Waals surface area contributed by atoms with E-state index >= 15 is 0 Å². The number of piperidine rings is 1. The smallest absolute Gasteiger partial charge is 0.412 e. The molecule has 3 heterocycles. The summed E-state index contributed by atoms with van der Waals surface area (Å²) in [7, 11) is 0. The SMILES string of the molecule is CC(C)(C)OC(=O)N1CCCO[C@@H]1CONC(=O)[C@@H]1CC[C@@H]2CN1C(=O)N2OCc1ccccc1. The number of carbonyl (C=O) groups excluding carboxylic acids is 3. The predicted octanol–water partition coefficient (Wildman–Crippen LogP) is 2.42. The van der Waals surface area contributed by atoms with E-state index in [4.69, 9.17) is 19.1 Å². The third-order valence-corrected chi connectivity index (χ3v) is 6.07. The predicted molar refractivity (Wildman–Crippen MR) is 123 cm³/mol. The van der Waals surface area contributed by atoms with Gasteiger partial charge in [-0.15, -0.1) is 0 Å². The van der Waals surface area contributed by atoms with Crippen LogP contribution >= 0.6 is 0 Å². The lowest BCUT2D eigenvalue weighted by molar-refractivity contribution is -0.157. The van der Waals surface area contributed by atoms with Crippen molar-refractivity contribution in [3.8, 4) is 0 Å². The van der Waals surface area contributed by atoms with Crippen molar-refractivity contribution in [2.75, 3.05) is 26.3 Å². The highest BCUT2D eigenvalue weighted by Gasteiger charge is 2.48. The Morgan fingerprint density at radius 3 is 2.69 bits per heavy atom. The van der Waals surface area contributed by atoms with Crippen molar-refractivity contribution in [2.45, 2.75) is 70.6 Å². The second-order valence-electron chi connectivity index (χ2n) is 9.90. The van der Waals surface area contributed by atoms with Gasteiger partial charge in [-0.25, -0.2) is 15.1 Å². The van der Waals surface area contributed by atoms with E-state index in [1.165, 1.54) is 14.9 Å². The van der Waals surface area contributed by atoms with Gasteiger partial charge in [-0.3, -0.25) is 19.4 Å². The summed E-state index contributed by atoms with van der Waals surface area (Å²) in [5.74, 6) is -0.415. The van der Waals surface area contributed by atoms with Gasteiger partial charge in [-0.2, -0.15) is 5.06 Å². The number of rotatable bonds is 7. The normalized spacial score (nSPS) is 24.5. The molecule has 0 unspecified atom stereocenters. The molecule has 11 nitrogen and oxygen atoms in total. The fourth-order valence-electron chi connectivity index (χ4n) is 4.40. The maximum atomic E-state index is 12.9. The molecule has 0 radical (unpaired) electrons. The molecule has 4 rings (SSSR count). The Hall–Kier alpha value is -2.89. The average Bonchev–Trinajstić information content (AvgIpc) is 3.06. The Morgan fingerprint density at radius 2 is 1.94 bits per heavy atom. The number of fused-ring (bicyclic) bond motifs is 2. The molecule has 3 atom stereocenters. The molecule has 35 heavy (non-hydrogen) atoms. The summed E-state index contributed by atoms with van der Waals surface area (Å²) in [5, 5.41) is 1.38. The number of ether oxygens (including phenoxy) is 2. The summed E-state index contributed by atoms with van der Waals surface area (Å²) in [4.78, 5) is 52.4. The van der Waals surface area contributed by atoms with Gasteiger partial charge in [0.25, 0.3) is 5.91 Å². The quantitative estimate of drug-likeness (QED) is 0.585. The van der Waals surface area contributed by atoms with E-state index in [9.17, 15) is 14.4 Å². The van der Waals surface area contributed by atoms with Crippen LogP contribution in [0.1, 0.15) is 45.6 Å². The van der Waals surface area contributed by atoms with Crippen LogP contribution in [0.4, 0.5) is 9.59 Å². The van der Waals surface area contributed by atoms with Gasteiger partial charge in [0.2, 0.25) is 0 Å². The second kappa shape index (κ2) is 10.8. The minimum atomic E-state index is -0.676.